The molecule has 0 saturated carbocycles. The number of anilines is 1. The van der Waals surface area contributed by atoms with Gasteiger partial charge in [-0.2, -0.15) is 5.10 Å². The molecule has 0 bridgehead atoms. The van der Waals surface area contributed by atoms with Crippen molar-refractivity contribution in [3.63, 3.8) is 0 Å². The third-order valence-corrected chi connectivity index (χ3v) is 3.42. The van der Waals surface area contributed by atoms with Crippen molar-refractivity contribution in [2.45, 2.75) is 46.0 Å². The molecule has 23 heavy (non-hydrogen) atoms. The summed E-state index contributed by atoms with van der Waals surface area (Å²) < 4.78 is 6.67. The predicted molar refractivity (Wildman–Crippen MR) is 89.4 cm³/mol. The number of carbonyl (C=O) groups excluding carboxylic acids is 1. The first-order valence-corrected chi connectivity index (χ1v) is 7.92. The van der Waals surface area contributed by atoms with E-state index in [9.17, 15) is 4.79 Å². The van der Waals surface area contributed by atoms with Crippen molar-refractivity contribution in [2.24, 2.45) is 7.05 Å². The molecule has 0 aliphatic carbocycles. The molecule has 0 amide bonds. The van der Waals surface area contributed by atoms with E-state index in [1.807, 2.05) is 14.0 Å². The average Bonchev–Trinajstić information content (AvgIpc) is 2.84. The van der Waals surface area contributed by atoms with Gasteiger partial charge in [-0.15, -0.1) is 0 Å². The van der Waals surface area contributed by atoms with Crippen LogP contribution < -0.4 is 5.32 Å². The summed E-state index contributed by atoms with van der Waals surface area (Å²) in [6.07, 6.45) is 2.85. The van der Waals surface area contributed by atoms with Crippen LogP contribution in [-0.4, -0.2) is 38.9 Å². The highest BCUT2D eigenvalue weighted by Crippen LogP contribution is 2.25. The van der Waals surface area contributed by atoms with Crippen LogP contribution in [0.1, 0.15) is 46.4 Å². The quantitative estimate of drug-likeness (QED) is 0.650. The normalized spacial score (nSPS) is 11.7. The van der Waals surface area contributed by atoms with Crippen LogP contribution in [0.4, 0.5) is 5.82 Å². The number of hydrogen-bond donors (Lipinski definition) is 1. The smallest absolute Gasteiger partial charge is 0.305 e. The van der Waals surface area contributed by atoms with E-state index in [1.165, 1.54) is 0 Å². The number of ether oxygens (including phenoxy) is 1. The fourth-order valence-corrected chi connectivity index (χ4v) is 2.16. The molecule has 1 N–H and O–H groups in total. The topological polar surface area (TPSA) is 81.9 Å². The van der Waals surface area contributed by atoms with E-state index in [1.54, 1.807) is 10.9 Å². The Balaban J connectivity index is 2.14. The van der Waals surface area contributed by atoms with Crippen LogP contribution in [0, 0.1) is 0 Å². The third kappa shape index (κ3) is 4.18. The molecule has 0 radical (unpaired) electrons. The minimum Gasteiger partial charge on any atom is -0.466 e. The summed E-state index contributed by atoms with van der Waals surface area (Å²) in [5, 5.41) is 8.44. The molecular weight excluding hydrogens is 294 g/mol. The molecular formula is C16H25N5O2. The van der Waals surface area contributed by atoms with Gasteiger partial charge in [-0.1, -0.05) is 20.8 Å². The van der Waals surface area contributed by atoms with Gasteiger partial charge in [0.15, 0.2) is 5.65 Å². The van der Waals surface area contributed by atoms with E-state index >= 15 is 0 Å². The molecule has 0 unspecified atom stereocenters. The summed E-state index contributed by atoms with van der Waals surface area (Å²) in [7, 11) is 1.87. The SMILES string of the molecule is CCOC(=O)CCCNc1nc(C(C)(C)C)nc2c1cnn2C. The summed E-state index contributed by atoms with van der Waals surface area (Å²) >= 11 is 0. The second-order valence-electron chi connectivity index (χ2n) is 6.49. The number of aromatic nitrogens is 4. The van der Waals surface area contributed by atoms with Crippen molar-refractivity contribution in [3.05, 3.63) is 12.0 Å². The fraction of sp³-hybridized carbons (Fsp3) is 0.625. The predicted octanol–water partition coefficient (Wildman–Crippen LogP) is 2.42. The fourth-order valence-electron chi connectivity index (χ4n) is 2.16. The van der Waals surface area contributed by atoms with Crippen molar-refractivity contribution >= 4 is 22.8 Å². The Morgan fingerprint density at radius 2 is 2.09 bits per heavy atom. The number of esters is 1. The van der Waals surface area contributed by atoms with Crippen molar-refractivity contribution in [1.29, 1.82) is 0 Å². The van der Waals surface area contributed by atoms with E-state index in [0.717, 1.165) is 22.7 Å². The Labute approximate surface area is 136 Å². The molecule has 0 fully saturated rings. The minimum atomic E-state index is -0.168. The molecule has 0 atom stereocenters. The van der Waals surface area contributed by atoms with Crippen LogP contribution in [0.15, 0.2) is 6.20 Å². The van der Waals surface area contributed by atoms with Gasteiger partial charge in [0.25, 0.3) is 0 Å². The van der Waals surface area contributed by atoms with Crippen molar-refractivity contribution < 1.29 is 9.53 Å². The number of nitrogens with one attached hydrogen (secondary N) is 1. The zero-order valence-corrected chi connectivity index (χ0v) is 14.5. The zero-order chi connectivity index (χ0) is 17.0. The van der Waals surface area contributed by atoms with Crippen LogP contribution in [0.2, 0.25) is 0 Å². The molecule has 126 valence electrons. The van der Waals surface area contributed by atoms with Gasteiger partial charge in [0, 0.05) is 25.4 Å². The molecule has 2 aromatic rings. The number of carbonyl (C=O) groups is 1. The lowest BCUT2D eigenvalue weighted by atomic mass is 9.95. The first kappa shape index (κ1) is 17.2. The second-order valence-corrected chi connectivity index (χ2v) is 6.49. The van der Waals surface area contributed by atoms with Gasteiger partial charge in [0.1, 0.15) is 11.6 Å². The first-order valence-electron chi connectivity index (χ1n) is 7.92. The summed E-state index contributed by atoms with van der Waals surface area (Å²) in [4.78, 5) is 20.6. The molecule has 2 heterocycles. The Bertz CT molecular complexity index is 688. The molecule has 7 nitrogen and oxygen atoms in total. The van der Waals surface area contributed by atoms with Gasteiger partial charge < -0.3 is 10.1 Å². The average molecular weight is 319 g/mol. The zero-order valence-electron chi connectivity index (χ0n) is 14.5. The first-order chi connectivity index (χ1) is 10.8. The molecule has 0 spiro atoms. The maximum Gasteiger partial charge on any atom is 0.305 e. The van der Waals surface area contributed by atoms with Crippen LogP contribution >= 0.6 is 0 Å². The summed E-state index contributed by atoms with van der Waals surface area (Å²) in [6.45, 7) is 9.11. The van der Waals surface area contributed by atoms with E-state index in [-0.39, 0.29) is 11.4 Å². The molecule has 2 aromatic heterocycles. The van der Waals surface area contributed by atoms with E-state index < -0.39 is 0 Å². The Hall–Kier alpha value is -2.18. The van der Waals surface area contributed by atoms with Gasteiger partial charge in [-0.3, -0.25) is 9.48 Å². The van der Waals surface area contributed by atoms with Gasteiger partial charge in [0.2, 0.25) is 0 Å². The lowest BCUT2D eigenvalue weighted by Crippen LogP contribution is -2.18. The molecule has 0 saturated heterocycles. The summed E-state index contributed by atoms with van der Waals surface area (Å²) in [6, 6.07) is 0. The molecule has 7 heteroatoms. The number of aryl methyl sites for hydroxylation is 1. The molecule has 0 aliphatic heterocycles. The van der Waals surface area contributed by atoms with Crippen molar-refractivity contribution in [3.8, 4) is 0 Å². The van der Waals surface area contributed by atoms with Crippen molar-refractivity contribution in [1.82, 2.24) is 19.7 Å². The number of rotatable bonds is 6. The van der Waals surface area contributed by atoms with E-state index in [2.05, 4.69) is 41.2 Å². The maximum atomic E-state index is 11.4. The second kappa shape index (κ2) is 6.93. The van der Waals surface area contributed by atoms with Gasteiger partial charge in [0.05, 0.1) is 18.2 Å². The Morgan fingerprint density at radius 1 is 1.35 bits per heavy atom. The highest BCUT2D eigenvalue weighted by molar-refractivity contribution is 5.86. The number of hydrogen-bond acceptors (Lipinski definition) is 6. The summed E-state index contributed by atoms with van der Waals surface area (Å²) in [5.74, 6) is 1.36. The molecule has 0 aliphatic rings. The van der Waals surface area contributed by atoms with Crippen LogP contribution in [0.3, 0.4) is 0 Å². The third-order valence-electron chi connectivity index (χ3n) is 3.42. The van der Waals surface area contributed by atoms with Crippen LogP contribution in [0.25, 0.3) is 11.0 Å². The van der Waals surface area contributed by atoms with Gasteiger partial charge >= 0.3 is 5.97 Å². The molecule has 0 aromatic carbocycles. The molecule has 2 rings (SSSR count). The largest absolute Gasteiger partial charge is 0.466 e. The highest BCUT2D eigenvalue weighted by Gasteiger charge is 2.21. The van der Waals surface area contributed by atoms with Gasteiger partial charge in [-0.05, 0) is 13.3 Å². The Kier molecular flexibility index (Phi) is 5.18. The number of nitrogens with zero attached hydrogens (tertiary/aromatic N) is 4. The van der Waals surface area contributed by atoms with Gasteiger partial charge in [-0.25, -0.2) is 9.97 Å². The number of fused-ring (bicyclic) bond motifs is 1. The lowest BCUT2D eigenvalue weighted by molar-refractivity contribution is -0.143. The minimum absolute atomic E-state index is 0.153. The monoisotopic (exact) mass is 319 g/mol. The van der Waals surface area contributed by atoms with Crippen molar-refractivity contribution in [2.75, 3.05) is 18.5 Å². The Morgan fingerprint density at radius 3 is 2.74 bits per heavy atom. The highest BCUT2D eigenvalue weighted by atomic mass is 16.5. The van der Waals surface area contributed by atoms with Crippen LogP contribution in [-0.2, 0) is 22.0 Å². The van der Waals surface area contributed by atoms with E-state index in [0.29, 0.717) is 26.0 Å². The summed E-state index contributed by atoms with van der Waals surface area (Å²) in [5.41, 5.74) is 0.651. The maximum absolute atomic E-state index is 11.4. The standard InChI is InChI=1S/C16H25N5O2/c1-6-23-12(22)8-7-9-17-13-11-10-18-21(5)14(11)20-15(19-13)16(2,3)4/h10H,6-9H2,1-5H3,(H,17,19,20). The van der Waals surface area contributed by atoms with Crippen LogP contribution in [0.5, 0.6) is 0 Å². The lowest BCUT2D eigenvalue weighted by Gasteiger charge is -2.18. The van der Waals surface area contributed by atoms with E-state index in [4.69, 9.17) is 4.74 Å².